The fourth-order valence-corrected chi connectivity index (χ4v) is 2.40. The molecule has 0 aromatic heterocycles. The molecule has 2 rings (SSSR count). The van der Waals surface area contributed by atoms with E-state index in [0.29, 0.717) is 6.54 Å². The van der Waals surface area contributed by atoms with Crippen LogP contribution in [0.2, 0.25) is 0 Å². The van der Waals surface area contributed by atoms with Crippen LogP contribution >= 0.6 is 0 Å². The van der Waals surface area contributed by atoms with E-state index in [9.17, 15) is 14.4 Å². The summed E-state index contributed by atoms with van der Waals surface area (Å²) >= 11 is 0. The van der Waals surface area contributed by atoms with Gasteiger partial charge in [-0.25, -0.2) is 4.79 Å². The topological polar surface area (TPSA) is 81.8 Å². The van der Waals surface area contributed by atoms with Gasteiger partial charge >= 0.3 is 6.03 Å². The molecule has 106 valence electrons. The summed E-state index contributed by atoms with van der Waals surface area (Å²) in [5.41, 5.74) is -0.968. The molecule has 2 fully saturated rings. The summed E-state index contributed by atoms with van der Waals surface area (Å²) in [7, 11) is 0. The van der Waals surface area contributed by atoms with E-state index in [0.717, 1.165) is 13.1 Å². The highest BCUT2D eigenvalue weighted by molar-refractivity contribution is 6.07. The van der Waals surface area contributed by atoms with Crippen molar-refractivity contribution in [2.75, 3.05) is 26.2 Å². The quantitative estimate of drug-likeness (QED) is 0.638. The molecular formula is C12H20N4O3. The van der Waals surface area contributed by atoms with Crippen LogP contribution in [-0.2, 0) is 9.59 Å². The molecule has 0 radical (unpaired) electrons. The largest absolute Gasteiger partial charge is 0.336 e. The molecule has 0 aromatic rings. The van der Waals surface area contributed by atoms with E-state index in [4.69, 9.17) is 0 Å². The fraction of sp³-hybridized carbons (Fsp3) is 0.750. The first-order valence-electron chi connectivity index (χ1n) is 6.47. The third-order valence-corrected chi connectivity index (χ3v) is 3.81. The number of nitrogens with one attached hydrogen (secondary N) is 2. The minimum Gasteiger partial charge on any atom is -0.336 e. The second kappa shape index (κ2) is 4.80. The molecule has 0 spiro atoms. The Kier molecular flexibility index (Phi) is 3.49. The van der Waals surface area contributed by atoms with Crippen LogP contribution in [0.5, 0.6) is 0 Å². The van der Waals surface area contributed by atoms with Crippen LogP contribution in [0, 0.1) is 0 Å². The maximum absolute atomic E-state index is 12.3. The number of urea groups is 1. The molecule has 19 heavy (non-hydrogen) atoms. The Bertz CT molecular complexity index is 421. The Morgan fingerprint density at radius 3 is 2.63 bits per heavy atom. The zero-order valence-electron chi connectivity index (χ0n) is 11.5. The van der Waals surface area contributed by atoms with Gasteiger partial charge in [-0.15, -0.1) is 0 Å². The monoisotopic (exact) mass is 268 g/mol. The van der Waals surface area contributed by atoms with Gasteiger partial charge < -0.3 is 15.1 Å². The molecule has 0 saturated carbocycles. The Labute approximate surface area is 112 Å². The summed E-state index contributed by atoms with van der Waals surface area (Å²) in [5.74, 6) is -0.481. The van der Waals surface area contributed by atoms with Gasteiger partial charge in [0.25, 0.3) is 5.91 Å². The number of amides is 4. The third-order valence-electron chi connectivity index (χ3n) is 3.81. The predicted molar refractivity (Wildman–Crippen MR) is 68.4 cm³/mol. The highest BCUT2D eigenvalue weighted by atomic mass is 16.2. The lowest BCUT2D eigenvalue weighted by molar-refractivity contribution is -0.136. The lowest BCUT2D eigenvalue weighted by Crippen LogP contribution is -2.56. The van der Waals surface area contributed by atoms with Crippen molar-refractivity contribution in [3.63, 3.8) is 0 Å². The van der Waals surface area contributed by atoms with Crippen LogP contribution in [0.1, 0.15) is 20.8 Å². The first-order valence-corrected chi connectivity index (χ1v) is 6.47. The average molecular weight is 268 g/mol. The summed E-state index contributed by atoms with van der Waals surface area (Å²) < 4.78 is 0. The van der Waals surface area contributed by atoms with Gasteiger partial charge in [-0.1, -0.05) is 0 Å². The van der Waals surface area contributed by atoms with Crippen LogP contribution < -0.4 is 10.6 Å². The third kappa shape index (κ3) is 2.42. The van der Waals surface area contributed by atoms with Crippen molar-refractivity contribution < 1.29 is 14.4 Å². The lowest BCUT2D eigenvalue weighted by atomic mass is 10.0. The van der Waals surface area contributed by atoms with Crippen LogP contribution in [0.4, 0.5) is 4.79 Å². The lowest BCUT2D eigenvalue weighted by Gasteiger charge is -2.36. The molecule has 2 aliphatic rings. The van der Waals surface area contributed by atoms with Crippen LogP contribution in [0.25, 0.3) is 0 Å². The maximum atomic E-state index is 12.3. The van der Waals surface area contributed by atoms with Crippen molar-refractivity contribution in [3.05, 3.63) is 0 Å². The van der Waals surface area contributed by atoms with Crippen molar-refractivity contribution in [2.24, 2.45) is 0 Å². The van der Waals surface area contributed by atoms with E-state index < -0.39 is 11.6 Å². The second-order valence-electron chi connectivity index (χ2n) is 5.54. The number of hydrogen-bond donors (Lipinski definition) is 2. The highest BCUT2D eigenvalue weighted by Gasteiger charge is 2.46. The van der Waals surface area contributed by atoms with E-state index in [1.165, 1.54) is 4.90 Å². The highest BCUT2D eigenvalue weighted by Crippen LogP contribution is 2.21. The molecule has 0 unspecified atom stereocenters. The van der Waals surface area contributed by atoms with Crippen LogP contribution in [0.15, 0.2) is 0 Å². The minimum absolute atomic E-state index is 0.0606. The summed E-state index contributed by atoms with van der Waals surface area (Å²) in [6.07, 6.45) is 0. The summed E-state index contributed by atoms with van der Waals surface area (Å²) in [6, 6.07) is -0.392. The molecule has 0 aromatic carbocycles. The van der Waals surface area contributed by atoms with Gasteiger partial charge in [-0.05, 0) is 20.8 Å². The number of imide groups is 1. The molecule has 2 saturated heterocycles. The molecule has 0 bridgehead atoms. The molecule has 7 nitrogen and oxygen atoms in total. The van der Waals surface area contributed by atoms with Gasteiger partial charge in [-0.2, -0.15) is 0 Å². The molecule has 1 atom stereocenters. The number of rotatable bonds is 2. The van der Waals surface area contributed by atoms with Gasteiger partial charge in [0.1, 0.15) is 12.1 Å². The molecule has 4 amide bonds. The van der Waals surface area contributed by atoms with Crippen molar-refractivity contribution in [2.45, 2.75) is 32.4 Å². The standard InChI is InChI=1S/C12H20N4O3/c1-8-6-13-4-5-15(8)9(17)7-16-11(19)14-10(18)12(16,2)3/h8,13H,4-7H2,1-3H3,(H,14,18,19)/t8-/m0/s1. The fourth-order valence-electron chi connectivity index (χ4n) is 2.40. The van der Waals surface area contributed by atoms with Crippen LogP contribution in [0.3, 0.4) is 0 Å². The summed E-state index contributed by atoms with van der Waals surface area (Å²) in [4.78, 5) is 38.7. The van der Waals surface area contributed by atoms with Gasteiger partial charge in [0.15, 0.2) is 0 Å². The van der Waals surface area contributed by atoms with Gasteiger partial charge in [0, 0.05) is 25.7 Å². The average Bonchev–Trinajstić information content (AvgIpc) is 2.52. The molecule has 7 heteroatoms. The number of hydrogen-bond acceptors (Lipinski definition) is 4. The number of nitrogens with zero attached hydrogens (tertiary/aromatic N) is 2. The normalized spacial score (nSPS) is 26.6. The van der Waals surface area contributed by atoms with Crippen LogP contribution in [-0.4, -0.2) is 65.4 Å². The number of carbonyl (C=O) groups is 3. The Morgan fingerprint density at radius 1 is 1.42 bits per heavy atom. The van der Waals surface area contributed by atoms with E-state index in [1.807, 2.05) is 6.92 Å². The Morgan fingerprint density at radius 2 is 2.11 bits per heavy atom. The first kappa shape index (κ1) is 13.8. The van der Waals surface area contributed by atoms with Crippen molar-refractivity contribution >= 4 is 17.8 Å². The molecule has 2 heterocycles. The van der Waals surface area contributed by atoms with Gasteiger partial charge in [-0.3, -0.25) is 14.9 Å². The zero-order valence-corrected chi connectivity index (χ0v) is 11.5. The van der Waals surface area contributed by atoms with E-state index >= 15 is 0 Å². The van der Waals surface area contributed by atoms with E-state index in [-0.39, 0.29) is 24.4 Å². The predicted octanol–water partition coefficient (Wildman–Crippen LogP) is -0.863. The Hall–Kier alpha value is -1.63. The van der Waals surface area contributed by atoms with E-state index in [1.54, 1.807) is 18.7 Å². The second-order valence-corrected chi connectivity index (χ2v) is 5.54. The molecule has 2 aliphatic heterocycles. The molecule has 2 N–H and O–H groups in total. The number of piperazine rings is 1. The maximum Gasteiger partial charge on any atom is 0.325 e. The Balaban J connectivity index is 2.06. The number of carbonyl (C=O) groups excluding carboxylic acids is 3. The first-order chi connectivity index (χ1) is 8.84. The molecular weight excluding hydrogens is 248 g/mol. The summed E-state index contributed by atoms with van der Waals surface area (Å²) in [5, 5.41) is 5.45. The SMILES string of the molecule is C[C@H]1CNCCN1C(=O)CN1C(=O)NC(=O)C1(C)C. The smallest absolute Gasteiger partial charge is 0.325 e. The van der Waals surface area contributed by atoms with Crippen molar-refractivity contribution in [1.29, 1.82) is 0 Å². The van der Waals surface area contributed by atoms with E-state index in [2.05, 4.69) is 10.6 Å². The zero-order chi connectivity index (χ0) is 14.2. The summed E-state index contributed by atoms with van der Waals surface area (Å²) in [6.45, 7) is 7.32. The van der Waals surface area contributed by atoms with Crippen molar-refractivity contribution in [3.8, 4) is 0 Å². The van der Waals surface area contributed by atoms with Crippen molar-refractivity contribution in [1.82, 2.24) is 20.4 Å². The molecule has 0 aliphatic carbocycles. The van der Waals surface area contributed by atoms with Gasteiger partial charge in [0.2, 0.25) is 5.91 Å². The minimum atomic E-state index is -0.968. The van der Waals surface area contributed by atoms with Gasteiger partial charge in [0.05, 0.1) is 0 Å².